The summed E-state index contributed by atoms with van der Waals surface area (Å²) in [5, 5.41) is 14.7. The van der Waals surface area contributed by atoms with Crippen molar-refractivity contribution in [3.8, 4) is 5.75 Å². The van der Waals surface area contributed by atoms with Gasteiger partial charge in [0.1, 0.15) is 5.75 Å². The smallest absolute Gasteiger partial charge is 0.236 e. The number of hydrogen-bond acceptors (Lipinski definition) is 7. The Morgan fingerprint density at radius 2 is 1.93 bits per heavy atom. The number of benzene rings is 1. The number of fused-ring (bicyclic) bond motifs is 2. The van der Waals surface area contributed by atoms with Gasteiger partial charge in [0.2, 0.25) is 11.6 Å². The SMILES string of the molecule is CNCCC1=C2C(=O)C(=O)C(=C3N=c4cccc(O)c4=C3CCN(C)C)C=C2N=C1. The van der Waals surface area contributed by atoms with Crippen molar-refractivity contribution >= 4 is 23.4 Å². The quantitative estimate of drug-likeness (QED) is 0.529. The van der Waals surface area contributed by atoms with Gasteiger partial charge < -0.3 is 15.3 Å². The second-order valence-corrected chi connectivity index (χ2v) is 7.78. The van der Waals surface area contributed by atoms with Crippen molar-refractivity contribution in [2.24, 2.45) is 9.98 Å². The number of phenols is 1. The normalized spacial score (nSPS) is 20.1. The molecule has 0 radical (unpaired) electrons. The third-order valence-electron chi connectivity index (χ3n) is 5.44. The second kappa shape index (κ2) is 7.93. The van der Waals surface area contributed by atoms with E-state index < -0.39 is 11.6 Å². The maximum Gasteiger partial charge on any atom is 0.236 e. The van der Waals surface area contributed by atoms with Gasteiger partial charge in [0.15, 0.2) is 0 Å². The number of phenolic OH excluding ortho intramolecular Hbond substituents is 1. The average molecular weight is 404 g/mol. The van der Waals surface area contributed by atoms with Crippen molar-refractivity contribution in [2.75, 3.05) is 34.2 Å². The lowest BCUT2D eigenvalue weighted by molar-refractivity contribution is -0.132. The lowest BCUT2D eigenvalue weighted by Gasteiger charge is -2.16. The third kappa shape index (κ3) is 3.36. The van der Waals surface area contributed by atoms with Gasteiger partial charge >= 0.3 is 0 Å². The highest BCUT2D eigenvalue weighted by molar-refractivity contribution is 6.53. The van der Waals surface area contributed by atoms with Gasteiger partial charge in [-0.3, -0.25) is 14.6 Å². The molecule has 1 aromatic rings. The Balaban J connectivity index is 1.89. The fourth-order valence-electron chi connectivity index (χ4n) is 3.91. The number of carbonyl (C=O) groups excluding carboxylic acids is 2. The molecule has 0 amide bonds. The number of nitrogens with one attached hydrogen (secondary N) is 1. The van der Waals surface area contributed by atoms with Crippen LogP contribution >= 0.6 is 0 Å². The number of ketones is 2. The topological polar surface area (TPSA) is 94.4 Å². The number of nitrogens with zero attached hydrogens (tertiary/aromatic N) is 3. The van der Waals surface area contributed by atoms with E-state index in [2.05, 4.69) is 15.3 Å². The summed E-state index contributed by atoms with van der Waals surface area (Å²) in [6.07, 6.45) is 4.55. The van der Waals surface area contributed by atoms with Crippen LogP contribution in [0.5, 0.6) is 5.75 Å². The molecule has 30 heavy (non-hydrogen) atoms. The van der Waals surface area contributed by atoms with Crippen LogP contribution in [0.4, 0.5) is 0 Å². The molecule has 0 spiro atoms. The molecule has 2 aliphatic heterocycles. The molecule has 0 saturated carbocycles. The van der Waals surface area contributed by atoms with Crippen LogP contribution in [0, 0.1) is 0 Å². The van der Waals surface area contributed by atoms with E-state index in [0.29, 0.717) is 53.5 Å². The minimum Gasteiger partial charge on any atom is -0.507 e. The predicted octanol–water partition coefficient (Wildman–Crippen LogP) is 0.408. The molecule has 1 aromatic carbocycles. The summed E-state index contributed by atoms with van der Waals surface area (Å²) in [6.45, 7) is 1.41. The van der Waals surface area contributed by atoms with E-state index in [4.69, 9.17) is 0 Å². The van der Waals surface area contributed by atoms with Gasteiger partial charge in [-0.05, 0) is 69.9 Å². The second-order valence-electron chi connectivity index (χ2n) is 7.78. The van der Waals surface area contributed by atoms with Crippen LogP contribution in [0.25, 0.3) is 5.57 Å². The summed E-state index contributed by atoms with van der Waals surface area (Å²) in [4.78, 5) is 37.1. The first-order chi connectivity index (χ1) is 14.4. The van der Waals surface area contributed by atoms with E-state index in [0.717, 1.165) is 11.1 Å². The zero-order valence-electron chi connectivity index (χ0n) is 17.3. The Bertz CT molecular complexity index is 1200. The highest BCUT2D eigenvalue weighted by atomic mass is 16.3. The van der Waals surface area contributed by atoms with Gasteiger partial charge in [-0.25, -0.2) is 4.99 Å². The van der Waals surface area contributed by atoms with Crippen molar-refractivity contribution in [2.45, 2.75) is 12.8 Å². The van der Waals surface area contributed by atoms with Crippen LogP contribution in [0.1, 0.15) is 12.8 Å². The Morgan fingerprint density at radius 1 is 1.13 bits per heavy atom. The Hall–Kier alpha value is -3.16. The number of Topliss-reactive ketones (excluding diaryl/α,β-unsaturated/α-hetero) is 2. The van der Waals surface area contributed by atoms with Gasteiger partial charge in [-0.2, -0.15) is 0 Å². The Labute approximate surface area is 174 Å². The fourth-order valence-corrected chi connectivity index (χ4v) is 3.91. The van der Waals surface area contributed by atoms with Crippen molar-refractivity contribution in [1.82, 2.24) is 10.2 Å². The molecular weight excluding hydrogens is 380 g/mol. The van der Waals surface area contributed by atoms with E-state index in [1.807, 2.05) is 26.0 Å². The molecule has 7 nitrogen and oxygen atoms in total. The van der Waals surface area contributed by atoms with Crippen LogP contribution < -0.4 is 15.9 Å². The standard InChI is InChI=1S/C23H24N4O3/c1-24-9-7-13-12-25-17-11-15(22(29)23(30)19(13)17)21-14(8-10-27(2)3)20-16(26-21)5-4-6-18(20)28/h4-6,11-12,24,28H,7-10H2,1-3H3. The predicted molar refractivity (Wildman–Crippen MR) is 115 cm³/mol. The number of aromatic hydroxyl groups is 1. The first-order valence-electron chi connectivity index (χ1n) is 9.94. The molecular formula is C23H24N4O3. The molecule has 2 N–H and O–H groups in total. The number of rotatable bonds is 6. The summed E-state index contributed by atoms with van der Waals surface area (Å²) in [5.41, 5.74) is 3.16. The van der Waals surface area contributed by atoms with Crippen molar-refractivity contribution < 1.29 is 14.7 Å². The summed E-state index contributed by atoms with van der Waals surface area (Å²) in [5.74, 6) is -0.993. The third-order valence-corrected chi connectivity index (χ3v) is 5.44. The van der Waals surface area contributed by atoms with Crippen molar-refractivity contribution in [3.05, 3.63) is 63.0 Å². The van der Waals surface area contributed by atoms with E-state index >= 15 is 0 Å². The molecule has 3 aliphatic rings. The zero-order chi connectivity index (χ0) is 21.4. The molecule has 154 valence electrons. The molecule has 0 aromatic heterocycles. The summed E-state index contributed by atoms with van der Waals surface area (Å²) < 4.78 is 0. The molecule has 0 atom stereocenters. The van der Waals surface area contributed by atoms with Crippen LogP contribution in [0.3, 0.4) is 0 Å². The van der Waals surface area contributed by atoms with Gasteiger partial charge in [-0.1, -0.05) is 6.07 Å². The monoisotopic (exact) mass is 404 g/mol. The molecule has 4 rings (SSSR count). The highest BCUT2D eigenvalue weighted by Crippen LogP contribution is 2.34. The Kier molecular flexibility index (Phi) is 5.32. The van der Waals surface area contributed by atoms with E-state index in [1.165, 1.54) is 0 Å². The molecule has 7 heteroatoms. The minimum absolute atomic E-state index is 0.122. The first kappa shape index (κ1) is 20.1. The maximum absolute atomic E-state index is 13.1. The number of carbonyl (C=O) groups is 2. The van der Waals surface area contributed by atoms with Gasteiger partial charge in [-0.15, -0.1) is 0 Å². The largest absolute Gasteiger partial charge is 0.507 e. The van der Waals surface area contributed by atoms with Gasteiger partial charge in [0, 0.05) is 18.0 Å². The fraction of sp³-hybridized carbons (Fsp3) is 0.304. The molecule has 0 unspecified atom stereocenters. The van der Waals surface area contributed by atoms with Crippen molar-refractivity contribution in [3.63, 3.8) is 0 Å². The minimum atomic E-state index is -0.574. The number of allylic oxidation sites excluding steroid dienone is 4. The van der Waals surface area contributed by atoms with Gasteiger partial charge in [0.05, 0.1) is 27.9 Å². The van der Waals surface area contributed by atoms with Crippen molar-refractivity contribution in [1.29, 1.82) is 0 Å². The van der Waals surface area contributed by atoms with Crippen LogP contribution in [-0.2, 0) is 9.59 Å². The molecule has 2 heterocycles. The van der Waals surface area contributed by atoms with Gasteiger partial charge in [0.25, 0.3) is 0 Å². The summed E-state index contributed by atoms with van der Waals surface area (Å²) in [7, 11) is 5.75. The van der Waals surface area contributed by atoms with E-state index in [-0.39, 0.29) is 11.3 Å². The van der Waals surface area contributed by atoms with Crippen LogP contribution in [0.2, 0.25) is 0 Å². The van der Waals surface area contributed by atoms with E-state index in [9.17, 15) is 14.7 Å². The molecule has 1 aliphatic carbocycles. The first-order valence-corrected chi connectivity index (χ1v) is 9.94. The number of aliphatic imine (C=N–C) groups is 1. The molecule has 0 bridgehead atoms. The maximum atomic E-state index is 13.1. The summed E-state index contributed by atoms with van der Waals surface area (Å²) >= 11 is 0. The average Bonchev–Trinajstić information content (AvgIpc) is 3.29. The summed E-state index contributed by atoms with van der Waals surface area (Å²) in [6, 6.07) is 5.13. The number of hydrogen-bond donors (Lipinski definition) is 2. The lowest BCUT2D eigenvalue weighted by atomic mass is 9.87. The lowest BCUT2D eigenvalue weighted by Crippen LogP contribution is -2.25. The molecule has 0 fully saturated rings. The highest BCUT2D eigenvalue weighted by Gasteiger charge is 2.36. The molecule has 0 saturated heterocycles. The van der Waals surface area contributed by atoms with Crippen LogP contribution in [0.15, 0.2) is 62.4 Å². The zero-order valence-corrected chi connectivity index (χ0v) is 17.3. The Morgan fingerprint density at radius 3 is 2.67 bits per heavy atom. The van der Waals surface area contributed by atoms with Crippen LogP contribution in [-0.4, -0.2) is 62.0 Å². The van der Waals surface area contributed by atoms with E-state index in [1.54, 1.807) is 30.5 Å².